The lowest BCUT2D eigenvalue weighted by Crippen LogP contribution is -2.42. The fourth-order valence-corrected chi connectivity index (χ4v) is 1.97. The predicted molar refractivity (Wildman–Crippen MR) is 65.5 cm³/mol. The zero-order chi connectivity index (χ0) is 11.9. The van der Waals surface area contributed by atoms with Crippen LogP contribution >= 0.6 is 0 Å². The second kappa shape index (κ2) is 7.22. The Balaban J connectivity index is 2.09. The standard InChI is InChI=1S/C12H26N2O2/c1-12(4-7-16-8-5-12)10-14-9-11(13)3-6-15-2/h11,14H,3-10,13H2,1-2H3. The van der Waals surface area contributed by atoms with Crippen molar-refractivity contribution in [2.24, 2.45) is 11.1 Å². The Hall–Kier alpha value is -0.160. The van der Waals surface area contributed by atoms with E-state index in [1.54, 1.807) is 7.11 Å². The molecule has 0 aliphatic carbocycles. The maximum atomic E-state index is 5.95. The fraction of sp³-hybridized carbons (Fsp3) is 1.00. The van der Waals surface area contributed by atoms with Crippen molar-refractivity contribution >= 4 is 0 Å². The average molecular weight is 230 g/mol. The number of ether oxygens (including phenoxy) is 2. The quantitative estimate of drug-likeness (QED) is 0.678. The van der Waals surface area contributed by atoms with Crippen LogP contribution in [-0.2, 0) is 9.47 Å². The third-order valence-corrected chi connectivity index (χ3v) is 3.35. The maximum Gasteiger partial charge on any atom is 0.0477 e. The topological polar surface area (TPSA) is 56.5 Å². The molecule has 0 saturated carbocycles. The van der Waals surface area contributed by atoms with Gasteiger partial charge in [0, 0.05) is 46.1 Å². The minimum absolute atomic E-state index is 0.198. The van der Waals surface area contributed by atoms with Crippen molar-refractivity contribution in [3.8, 4) is 0 Å². The number of hydrogen-bond acceptors (Lipinski definition) is 4. The molecule has 0 bridgehead atoms. The molecule has 1 fully saturated rings. The first-order valence-corrected chi connectivity index (χ1v) is 6.19. The summed E-state index contributed by atoms with van der Waals surface area (Å²) in [5.74, 6) is 0. The summed E-state index contributed by atoms with van der Waals surface area (Å²) in [4.78, 5) is 0. The molecule has 1 saturated heterocycles. The van der Waals surface area contributed by atoms with Crippen molar-refractivity contribution < 1.29 is 9.47 Å². The van der Waals surface area contributed by atoms with Gasteiger partial charge >= 0.3 is 0 Å². The zero-order valence-electron chi connectivity index (χ0n) is 10.6. The smallest absolute Gasteiger partial charge is 0.0477 e. The summed E-state index contributed by atoms with van der Waals surface area (Å²) in [5, 5.41) is 3.47. The van der Waals surface area contributed by atoms with Gasteiger partial charge in [-0.25, -0.2) is 0 Å². The van der Waals surface area contributed by atoms with Crippen LogP contribution in [0.3, 0.4) is 0 Å². The van der Waals surface area contributed by atoms with Crippen LogP contribution in [0, 0.1) is 5.41 Å². The van der Waals surface area contributed by atoms with Crippen LogP contribution in [0.4, 0.5) is 0 Å². The first kappa shape index (κ1) is 13.9. The normalized spacial score (nSPS) is 21.9. The summed E-state index contributed by atoms with van der Waals surface area (Å²) < 4.78 is 10.4. The van der Waals surface area contributed by atoms with Crippen LogP contribution in [0.1, 0.15) is 26.2 Å². The molecule has 1 aliphatic heterocycles. The van der Waals surface area contributed by atoms with Crippen molar-refractivity contribution in [3.05, 3.63) is 0 Å². The summed E-state index contributed by atoms with van der Waals surface area (Å²) in [5.41, 5.74) is 6.34. The van der Waals surface area contributed by atoms with Crippen molar-refractivity contribution in [2.75, 3.05) is 40.0 Å². The lowest BCUT2D eigenvalue weighted by atomic mass is 9.82. The molecule has 0 aromatic carbocycles. The van der Waals surface area contributed by atoms with Gasteiger partial charge in [-0.3, -0.25) is 0 Å². The summed E-state index contributed by atoms with van der Waals surface area (Å²) in [6.45, 7) is 6.77. The molecular formula is C12H26N2O2. The summed E-state index contributed by atoms with van der Waals surface area (Å²) >= 11 is 0. The lowest BCUT2D eigenvalue weighted by molar-refractivity contribution is 0.0240. The summed E-state index contributed by atoms with van der Waals surface area (Å²) in [6.07, 6.45) is 3.21. The highest BCUT2D eigenvalue weighted by molar-refractivity contribution is 4.80. The van der Waals surface area contributed by atoms with Gasteiger partial charge in [-0.15, -0.1) is 0 Å². The molecule has 3 N–H and O–H groups in total. The number of rotatable bonds is 7. The van der Waals surface area contributed by atoms with Crippen LogP contribution in [0.25, 0.3) is 0 Å². The van der Waals surface area contributed by atoms with E-state index in [1.165, 1.54) is 0 Å². The molecule has 16 heavy (non-hydrogen) atoms. The van der Waals surface area contributed by atoms with Gasteiger partial charge in [-0.2, -0.15) is 0 Å². The minimum atomic E-state index is 0.198. The van der Waals surface area contributed by atoms with Gasteiger partial charge in [0.1, 0.15) is 0 Å². The monoisotopic (exact) mass is 230 g/mol. The highest BCUT2D eigenvalue weighted by Crippen LogP contribution is 2.28. The van der Waals surface area contributed by atoms with Gasteiger partial charge < -0.3 is 20.5 Å². The zero-order valence-corrected chi connectivity index (χ0v) is 10.6. The molecule has 96 valence electrons. The molecule has 1 rings (SSSR count). The molecule has 1 heterocycles. The second-order valence-corrected chi connectivity index (χ2v) is 5.10. The predicted octanol–water partition coefficient (Wildman–Crippen LogP) is 0.757. The molecular weight excluding hydrogens is 204 g/mol. The highest BCUT2D eigenvalue weighted by Gasteiger charge is 2.26. The van der Waals surface area contributed by atoms with E-state index in [-0.39, 0.29) is 6.04 Å². The Labute approximate surface area is 98.9 Å². The third kappa shape index (κ3) is 5.25. The van der Waals surface area contributed by atoms with Gasteiger partial charge in [0.2, 0.25) is 0 Å². The van der Waals surface area contributed by atoms with E-state index in [1.807, 2.05) is 0 Å². The van der Waals surface area contributed by atoms with Gasteiger partial charge in [-0.05, 0) is 24.7 Å². The lowest BCUT2D eigenvalue weighted by Gasteiger charge is -2.34. The molecule has 0 amide bonds. The van der Waals surface area contributed by atoms with E-state index in [0.29, 0.717) is 5.41 Å². The number of nitrogens with one attached hydrogen (secondary N) is 1. The van der Waals surface area contributed by atoms with Crippen molar-refractivity contribution in [1.82, 2.24) is 5.32 Å². The number of nitrogens with two attached hydrogens (primary N) is 1. The van der Waals surface area contributed by atoms with Crippen LogP contribution < -0.4 is 11.1 Å². The Kier molecular flexibility index (Phi) is 6.28. The van der Waals surface area contributed by atoms with Crippen molar-refractivity contribution in [2.45, 2.75) is 32.2 Å². The molecule has 1 unspecified atom stereocenters. The molecule has 1 aliphatic rings. The van der Waals surface area contributed by atoms with Crippen molar-refractivity contribution in [3.63, 3.8) is 0 Å². The SMILES string of the molecule is COCCC(N)CNCC1(C)CCOCC1. The number of hydrogen-bond donors (Lipinski definition) is 2. The van der Waals surface area contributed by atoms with Gasteiger partial charge in [0.05, 0.1) is 0 Å². The van der Waals surface area contributed by atoms with E-state index in [9.17, 15) is 0 Å². The van der Waals surface area contributed by atoms with Crippen LogP contribution in [0.15, 0.2) is 0 Å². The van der Waals surface area contributed by atoms with E-state index in [2.05, 4.69) is 12.2 Å². The Morgan fingerprint density at radius 2 is 2.12 bits per heavy atom. The first-order chi connectivity index (χ1) is 7.66. The van der Waals surface area contributed by atoms with Crippen LogP contribution in [-0.4, -0.2) is 46.1 Å². The molecule has 0 radical (unpaired) electrons. The minimum Gasteiger partial charge on any atom is -0.385 e. The first-order valence-electron chi connectivity index (χ1n) is 6.19. The van der Waals surface area contributed by atoms with E-state index >= 15 is 0 Å². The van der Waals surface area contributed by atoms with Gasteiger partial charge in [-0.1, -0.05) is 6.92 Å². The van der Waals surface area contributed by atoms with Gasteiger partial charge in [0.15, 0.2) is 0 Å². The van der Waals surface area contributed by atoms with Crippen molar-refractivity contribution in [1.29, 1.82) is 0 Å². The Bertz CT molecular complexity index is 182. The van der Waals surface area contributed by atoms with Crippen LogP contribution in [0.2, 0.25) is 0 Å². The number of methoxy groups -OCH3 is 1. The maximum absolute atomic E-state index is 5.95. The average Bonchev–Trinajstić information content (AvgIpc) is 2.27. The third-order valence-electron chi connectivity index (χ3n) is 3.35. The molecule has 0 aromatic rings. The van der Waals surface area contributed by atoms with Crippen LogP contribution in [0.5, 0.6) is 0 Å². The molecule has 1 atom stereocenters. The Morgan fingerprint density at radius 1 is 1.44 bits per heavy atom. The van der Waals surface area contributed by atoms with E-state index < -0.39 is 0 Å². The molecule has 0 aromatic heterocycles. The summed E-state index contributed by atoms with van der Waals surface area (Å²) in [7, 11) is 1.71. The molecule has 0 spiro atoms. The fourth-order valence-electron chi connectivity index (χ4n) is 1.97. The van der Waals surface area contributed by atoms with E-state index in [4.69, 9.17) is 15.2 Å². The molecule has 4 heteroatoms. The summed E-state index contributed by atoms with van der Waals surface area (Å²) in [6, 6.07) is 0.198. The highest BCUT2D eigenvalue weighted by atomic mass is 16.5. The molecule has 4 nitrogen and oxygen atoms in total. The second-order valence-electron chi connectivity index (χ2n) is 5.10. The van der Waals surface area contributed by atoms with Gasteiger partial charge in [0.25, 0.3) is 0 Å². The largest absolute Gasteiger partial charge is 0.385 e. The Morgan fingerprint density at radius 3 is 2.75 bits per heavy atom. The van der Waals surface area contributed by atoms with E-state index in [0.717, 1.165) is 52.2 Å².